The molecule has 0 spiro atoms. The maximum atomic E-state index is 12.3. The molecule has 0 aliphatic rings. The minimum atomic E-state index is -0.0862. The smallest absolute Gasteiger partial charge is 0.250 e. The molecule has 0 radical (unpaired) electrons. The molecule has 1 amide bonds. The number of carbonyl (C=O) groups excluding carboxylic acids is 1. The Bertz CT molecular complexity index is 1260. The lowest BCUT2D eigenvalue weighted by molar-refractivity contribution is -0.116. The maximum Gasteiger partial charge on any atom is 0.250 e. The summed E-state index contributed by atoms with van der Waals surface area (Å²) >= 11 is 0. The molecule has 0 saturated heterocycles. The van der Waals surface area contributed by atoms with Gasteiger partial charge in [-0.05, 0) is 54.4 Å². The molecule has 2 heterocycles. The minimum absolute atomic E-state index is 0.0488. The number of ether oxygens (including phenoxy) is 1. The summed E-state index contributed by atoms with van der Waals surface area (Å²) in [5.41, 5.74) is 2.48. The van der Waals surface area contributed by atoms with Crippen molar-refractivity contribution in [3.8, 4) is 17.1 Å². The summed E-state index contributed by atoms with van der Waals surface area (Å²) in [6.07, 6.45) is 3.19. The molecular formula is C25H24N4O4. The van der Waals surface area contributed by atoms with E-state index in [-0.39, 0.29) is 11.5 Å². The Labute approximate surface area is 190 Å². The summed E-state index contributed by atoms with van der Waals surface area (Å²) < 4.78 is 12.1. The third kappa shape index (κ3) is 5.94. The standard InChI is InChI=1S/C25H24N4O4/c1-32-21-14-10-19(11-15-21)25-27-23(33-28-25)6-4-5-22(30)26-20-12-8-18(9-13-20)17-29-16-3-2-7-24(29)31/h2-3,7-16H,4-6,17H2,1H3,(H,26,30). The van der Waals surface area contributed by atoms with E-state index in [1.807, 2.05) is 54.6 Å². The highest BCUT2D eigenvalue weighted by Crippen LogP contribution is 2.20. The molecule has 33 heavy (non-hydrogen) atoms. The zero-order valence-electron chi connectivity index (χ0n) is 18.2. The van der Waals surface area contributed by atoms with E-state index in [1.54, 1.807) is 23.9 Å². The summed E-state index contributed by atoms with van der Waals surface area (Å²) in [5.74, 6) is 1.68. The first-order valence-electron chi connectivity index (χ1n) is 10.6. The van der Waals surface area contributed by atoms with E-state index in [0.29, 0.717) is 43.2 Å². The highest BCUT2D eigenvalue weighted by molar-refractivity contribution is 5.90. The molecule has 0 aliphatic carbocycles. The number of hydrogen-bond donors (Lipinski definition) is 1. The highest BCUT2D eigenvalue weighted by atomic mass is 16.5. The van der Waals surface area contributed by atoms with Crippen LogP contribution in [-0.2, 0) is 17.8 Å². The van der Waals surface area contributed by atoms with Crippen LogP contribution in [0.15, 0.2) is 82.2 Å². The van der Waals surface area contributed by atoms with E-state index in [4.69, 9.17) is 9.26 Å². The van der Waals surface area contributed by atoms with Gasteiger partial charge in [0, 0.05) is 36.4 Å². The Morgan fingerprint density at radius 2 is 1.85 bits per heavy atom. The molecule has 2 aromatic heterocycles. The first-order valence-corrected chi connectivity index (χ1v) is 10.6. The van der Waals surface area contributed by atoms with Crippen LogP contribution >= 0.6 is 0 Å². The minimum Gasteiger partial charge on any atom is -0.497 e. The van der Waals surface area contributed by atoms with E-state index >= 15 is 0 Å². The molecule has 168 valence electrons. The predicted molar refractivity (Wildman–Crippen MR) is 124 cm³/mol. The fourth-order valence-corrected chi connectivity index (χ4v) is 3.32. The van der Waals surface area contributed by atoms with Gasteiger partial charge < -0.3 is 19.1 Å². The Morgan fingerprint density at radius 3 is 2.58 bits per heavy atom. The zero-order valence-corrected chi connectivity index (χ0v) is 18.2. The summed E-state index contributed by atoms with van der Waals surface area (Å²) in [7, 11) is 1.61. The summed E-state index contributed by atoms with van der Waals surface area (Å²) in [6, 6.07) is 19.9. The topological polar surface area (TPSA) is 99.2 Å². The predicted octanol–water partition coefficient (Wildman–Crippen LogP) is 3.92. The van der Waals surface area contributed by atoms with Gasteiger partial charge in [0.15, 0.2) is 0 Å². The van der Waals surface area contributed by atoms with E-state index in [0.717, 1.165) is 16.9 Å². The molecule has 4 aromatic rings. The molecule has 8 heteroatoms. The molecule has 4 rings (SSSR count). The molecule has 0 atom stereocenters. The van der Waals surface area contributed by atoms with Gasteiger partial charge in [0.1, 0.15) is 5.75 Å². The van der Waals surface area contributed by atoms with Crippen molar-refractivity contribution < 1.29 is 14.1 Å². The number of anilines is 1. The van der Waals surface area contributed by atoms with Crippen LogP contribution in [-0.4, -0.2) is 27.7 Å². The van der Waals surface area contributed by atoms with Crippen LogP contribution in [0.25, 0.3) is 11.4 Å². The van der Waals surface area contributed by atoms with Crippen molar-refractivity contribution in [1.29, 1.82) is 0 Å². The molecule has 1 N–H and O–H groups in total. The van der Waals surface area contributed by atoms with E-state index in [9.17, 15) is 9.59 Å². The lowest BCUT2D eigenvalue weighted by Gasteiger charge is -2.08. The zero-order chi connectivity index (χ0) is 23.0. The van der Waals surface area contributed by atoms with Crippen molar-refractivity contribution in [2.24, 2.45) is 0 Å². The highest BCUT2D eigenvalue weighted by Gasteiger charge is 2.10. The Hall–Kier alpha value is -4.20. The van der Waals surface area contributed by atoms with Gasteiger partial charge in [0.25, 0.3) is 5.56 Å². The van der Waals surface area contributed by atoms with Crippen molar-refractivity contribution in [3.63, 3.8) is 0 Å². The largest absolute Gasteiger partial charge is 0.497 e. The number of methoxy groups -OCH3 is 1. The summed E-state index contributed by atoms with van der Waals surface area (Å²) in [4.78, 5) is 28.5. The Kier molecular flexibility index (Phi) is 6.94. The van der Waals surface area contributed by atoms with Crippen LogP contribution in [0.3, 0.4) is 0 Å². The van der Waals surface area contributed by atoms with Gasteiger partial charge in [-0.2, -0.15) is 4.98 Å². The van der Waals surface area contributed by atoms with Crippen molar-refractivity contribution >= 4 is 11.6 Å². The number of aryl methyl sites for hydroxylation is 1. The van der Waals surface area contributed by atoms with E-state index in [2.05, 4.69) is 15.5 Å². The third-order valence-electron chi connectivity index (χ3n) is 5.10. The van der Waals surface area contributed by atoms with Crippen molar-refractivity contribution in [2.75, 3.05) is 12.4 Å². The molecule has 0 bridgehead atoms. The first-order chi connectivity index (χ1) is 16.1. The second-order valence-electron chi connectivity index (χ2n) is 7.51. The Morgan fingerprint density at radius 1 is 1.06 bits per heavy atom. The summed E-state index contributed by atoms with van der Waals surface area (Å²) in [5, 5.41) is 6.89. The molecule has 2 aromatic carbocycles. The van der Waals surface area contributed by atoms with Gasteiger partial charge in [-0.1, -0.05) is 23.4 Å². The Balaban J connectivity index is 1.24. The molecule has 0 unspecified atom stereocenters. The third-order valence-corrected chi connectivity index (χ3v) is 5.10. The fraction of sp³-hybridized carbons (Fsp3) is 0.200. The van der Waals surface area contributed by atoms with E-state index < -0.39 is 0 Å². The van der Waals surface area contributed by atoms with Gasteiger partial charge in [-0.15, -0.1) is 0 Å². The van der Waals surface area contributed by atoms with Crippen LogP contribution in [0.5, 0.6) is 5.75 Å². The van der Waals surface area contributed by atoms with Crippen molar-refractivity contribution in [1.82, 2.24) is 14.7 Å². The molecule has 0 fully saturated rings. The van der Waals surface area contributed by atoms with Gasteiger partial charge in [-0.3, -0.25) is 9.59 Å². The second kappa shape index (κ2) is 10.4. The van der Waals surface area contributed by atoms with Gasteiger partial charge in [0.2, 0.25) is 17.6 Å². The number of hydrogen-bond acceptors (Lipinski definition) is 6. The SMILES string of the molecule is COc1ccc(-c2noc(CCCC(=O)Nc3ccc(Cn4ccccc4=O)cc3)n2)cc1. The number of nitrogens with zero attached hydrogens (tertiary/aromatic N) is 3. The lowest BCUT2D eigenvalue weighted by atomic mass is 10.2. The number of aromatic nitrogens is 3. The molecule has 0 saturated carbocycles. The van der Waals surface area contributed by atoms with Gasteiger partial charge in [0.05, 0.1) is 13.7 Å². The van der Waals surface area contributed by atoms with Crippen LogP contribution < -0.4 is 15.6 Å². The lowest BCUT2D eigenvalue weighted by Crippen LogP contribution is -2.18. The number of amides is 1. The van der Waals surface area contributed by atoms with Gasteiger partial charge >= 0.3 is 0 Å². The number of pyridine rings is 1. The fourth-order valence-electron chi connectivity index (χ4n) is 3.32. The van der Waals surface area contributed by atoms with Crippen molar-refractivity contribution in [2.45, 2.75) is 25.8 Å². The van der Waals surface area contributed by atoms with Crippen LogP contribution in [0.4, 0.5) is 5.69 Å². The number of nitrogens with one attached hydrogen (secondary N) is 1. The van der Waals surface area contributed by atoms with Crippen LogP contribution in [0.2, 0.25) is 0 Å². The maximum absolute atomic E-state index is 12.3. The quantitative estimate of drug-likeness (QED) is 0.420. The normalized spacial score (nSPS) is 10.7. The first kappa shape index (κ1) is 22.0. The van der Waals surface area contributed by atoms with Crippen LogP contribution in [0, 0.1) is 0 Å². The molecular weight excluding hydrogens is 420 g/mol. The van der Waals surface area contributed by atoms with Gasteiger partial charge in [-0.25, -0.2) is 0 Å². The van der Waals surface area contributed by atoms with Crippen molar-refractivity contribution in [3.05, 3.63) is 94.7 Å². The average molecular weight is 444 g/mol. The monoisotopic (exact) mass is 444 g/mol. The molecule has 0 aliphatic heterocycles. The number of carbonyl (C=O) groups is 1. The number of benzene rings is 2. The molecule has 8 nitrogen and oxygen atoms in total. The van der Waals surface area contributed by atoms with E-state index in [1.165, 1.54) is 6.07 Å². The van der Waals surface area contributed by atoms with Crippen LogP contribution in [0.1, 0.15) is 24.3 Å². The second-order valence-corrected chi connectivity index (χ2v) is 7.51. The average Bonchev–Trinajstić information content (AvgIpc) is 3.31. The number of rotatable bonds is 9. The summed E-state index contributed by atoms with van der Waals surface area (Å²) in [6.45, 7) is 0.483.